The third kappa shape index (κ3) is 4.37. The number of benzene rings is 1. The van der Waals surface area contributed by atoms with Crippen LogP contribution in [0.5, 0.6) is 0 Å². The zero-order chi connectivity index (χ0) is 18.8. The number of hydrogen-bond donors (Lipinski definition) is 0. The van der Waals surface area contributed by atoms with Crippen molar-refractivity contribution < 1.29 is 13.6 Å². The maximum Gasteiger partial charge on any atom is 0.234 e. The van der Waals surface area contributed by atoms with E-state index in [4.69, 9.17) is 11.6 Å². The number of anilines is 1. The maximum atomic E-state index is 14.0. The molecule has 0 N–H and O–H groups in total. The van der Waals surface area contributed by atoms with E-state index in [1.54, 1.807) is 6.07 Å². The molecule has 3 aromatic rings. The standard InChI is InChI=1S/C17H16ClF2N3OS2/c1-22(2)5-6-23(15(24)9-11-3-4-14(18)25-11)17-21-16-12(20)7-10(19)8-13(16)26-17/h3-4,7-8H,5-6,9H2,1-2H3. The van der Waals surface area contributed by atoms with Crippen LogP contribution in [0.1, 0.15) is 4.88 Å². The van der Waals surface area contributed by atoms with Crippen molar-refractivity contribution >= 4 is 55.5 Å². The van der Waals surface area contributed by atoms with E-state index in [9.17, 15) is 13.6 Å². The Bertz CT molecular complexity index is 941. The molecule has 4 nitrogen and oxygen atoms in total. The van der Waals surface area contributed by atoms with Gasteiger partial charge in [0.15, 0.2) is 10.9 Å². The number of aromatic nitrogens is 1. The van der Waals surface area contributed by atoms with Crippen LogP contribution in [-0.2, 0) is 11.2 Å². The van der Waals surface area contributed by atoms with Gasteiger partial charge in [0.05, 0.1) is 15.5 Å². The minimum absolute atomic E-state index is 0.0771. The zero-order valence-electron chi connectivity index (χ0n) is 14.1. The molecule has 0 saturated heterocycles. The van der Waals surface area contributed by atoms with Crippen molar-refractivity contribution in [3.63, 3.8) is 0 Å². The molecule has 1 aromatic carbocycles. The summed E-state index contributed by atoms with van der Waals surface area (Å²) < 4.78 is 28.4. The monoisotopic (exact) mass is 415 g/mol. The summed E-state index contributed by atoms with van der Waals surface area (Å²) in [6.07, 6.45) is 0.178. The van der Waals surface area contributed by atoms with Crippen LogP contribution >= 0.6 is 34.3 Å². The van der Waals surface area contributed by atoms with Gasteiger partial charge in [0.25, 0.3) is 0 Å². The highest BCUT2D eigenvalue weighted by Crippen LogP contribution is 2.32. The summed E-state index contributed by atoms with van der Waals surface area (Å²) in [5.74, 6) is -1.55. The first kappa shape index (κ1) is 19.2. The van der Waals surface area contributed by atoms with Gasteiger partial charge in [0.2, 0.25) is 5.91 Å². The van der Waals surface area contributed by atoms with E-state index in [0.29, 0.717) is 27.3 Å². The van der Waals surface area contributed by atoms with Gasteiger partial charge in [-0.3, -0.25) is 9.69 Å². The van der Waals surface area contributed by atoms with Crippen LogP contribution < -0.4 is 4.90 Å². The van der Waals surface area contributed by atoms with E-state index >= 15 is 0 Å². The van der Waals surface area contributed by atoms with Crippen molar-refractivity contribution in [2.75, 3.05) is 32.1 Å². The fourth-order valence-corrected chi connectivity index (χ4v) is 4.51. The van der Waals surface area contributed by atoms with Crippen molar-refractivity contribution in [1.82, 2.24) is 9.88 Å². The topological polar surface area (TPSA) is 36.4 Å². The number of hydrogen-bond acceptors (Lipinski definition) is 5. The molecule has 0 aliphatic carbocycles. The number of amides is 1. The molecule has 0 unspecified atom stereocenters. The second-order valence-corrected chi connectivity index (χ2v) is 8.77. The minimum atomic E-state index is -0.729. The molecular weight excluding hydrogens is 400 g/mol. The molecule has 2 aromatic heterocycles. The third-order valence-corrected chi connectivity index (χ3v) is 5.92. The number of carbonyl (C=O) groups is 1. The molecule has 3 rings (SSSR count). The fourth-order valence-electron chi connectivity index (χ4n) is 2.38. The number of fused-ring (bicyclic) bond motifs is 1. The number of halogens is 3. The van der Waals surface area contributed by atoms with E-state index < -0.39 is 11.6 Å². The van der Waals surface area contributed by atoms with E-state index in [1.807, 2.05) is 25.1 Å². The lowest BCUT2D eigenvalue weighted by molar-refractivity contribution is -0.118. The second-order valence-electron chi connectivity index (χ2n) is 5.96. The number of rotatable bonds is 6. The minimum Gasteiger partial charge on any atom is -0.308 e. The smallest absolute Gasteiger partial charge is 0.234 e. The first-order valence-electron chi connectivity index (χ1n) is 7.78. The zero-order valence-corrected chi connectivity index (χ0v) is 16.5. The molecule has 0 fully saturated rings. The quantitative estimate of drug-likeness (QED) is 0.597. The van der Waals surface area contributed by atoms with Gasteiger partial charge < -0.3 is 4.90 Å². The average Bonchev–Trinajstić information content (AvgIpc) is 3.13. The lowest BCUT2D eigenvalue weighted by atomic mass is 10.3. The van der Waals surface area contributed by atoms with Gasteiger partial charge in [-0.1, -0.05) is 22.9 Å². The molecule has 9 heteroatoms. The summed E-state index contributed by atoms with van der Waals surface area (Å²) in [7, 11) is 3.80. The number of thiazole rings is 1. The van der Waals surface area contributed by atoms with Crippen LogP contribution in [0, 0.1) is 11.6 Å². The molecule has 0 aliphatic rings. The van der Waals surface area contributed by atoms with Crippen molar-refractivity contribution in [3.8, 4) is 0 Å². The van der Waals surface area contributed by atoms with E-state index in [0.717, 1.165) is 22.3 Å². The largest absolute Gasteiger partial charge is 0.308 e. The Hall–Kier alpha value is -1.61. The van der Waals surface area contributed by atoms with Crippen LogP contribution in [0.25, 0.3) is 10.2 Å². The number of likely N-dealkylation sites (N-methyl/N-ethyl adjacent to an activating group) is 1. The molecule has 26 heavy (non-hydrogen) atoms. The molecule has 0 bridgehead atoms. The van der Waals surface area contributed by atoms with E-state index in [2.05, 4.69) is 4.98 Å². The Morgan fingerprint density at radius 2 is 1.96 bits per heavy atom. The molecule has 1 amide bonds. The van der Waals surface area contributed by atoms with Crippen molar-refractivity contribution in [2.24, 2.45) is 0 Å². The average molecular weight is 416 g/mol. The molecule has 0 aliphatic heterocycles. The van der Waals surface area contributed by atoms with Crippen LogP contribution in [0.2, 0.25) is 4.34 Å². The lowest BCUT2D eigenvalue weighted by Gasteiger charge is -2.21. The van der Waals surface area contributed by atoms with Crippen molar-refractivity contribution in [2.45, 2.75) is 6.42 Å². The number of thiophene rings is 1. The van der Waals surface area contributed by atoms with Gasteiger partial charge >= 0.3 is 0 Å². The van der Waals surface area contributed by atoms with Gasteiger partial charge in [0, 0.05) is 24.0 Å². The Morgan fingerprint density at radius 3 is 2.62 bits per heavy atom. The molecular formula is C17H16ClF2N3OS2. The predicted octanol–water partition coefficient (Wildman–Crippen LogP) is 4.43. The summed E-state index contributed by atoms with van der Waals surface area (Å²) >= 11 is 8.37. The number of carbonyl (C=O) groups excluding carboxylic acids is 1. The van der Waals surface area contributed by atoms with Gasteiger partial charge in [-0.15, -0.1) is 11.3 Å². The summed E-state index contributed by atoms with van der Waals surface area (Å²) in [6.45, 7) is 1.01. The molecule has 0 atom stereocenters. The Morgan fingerprint density at radius 1 is 1.19 bits per heavy atom. The fraction of sp³-hybridized carbons (Fsp3) is 0.294. The highest BCUT2D eigenvalue weighted by Gasteiger charge is 2.22. The molecule has 0 spiro atoms. The predicted molar refractivity (Wildman–Crippen MR) is 103 cm³/mol. The lowest BCUT2D eigenvalue weighted by Crippen LogP contribution is -2.37. The maximum absolute atomic E-state index is 14.0. The van der Waals surface area contributed by atoms with Crippen LogP contribution in [-0.4, -0.2) is 43.0 Å². The summed E-state index contributed by atoms with van der Waals surface area (Å²) in [5.41, 5.74) is 0.0771. The molecule has 0 radical (unpaired) electrons. The SMILES string of the molecule is CN(C)CCN(C(=O)Cc1ccc(Cl)s1)c1nc2c(F)cc(F)cc2s1. The van der Waals surface area contributed by atoms with Crippen LogP contribution in [0.4, 0.5) is 13.9 Å². The van der Waals surface area contributed by atoms with E-state index in [1.165, 1.54) is 22.3 Å². The highest BCUT2D eigenvalue weighted by atomic mass is 35.5. The summed E-state index contributed by atoms with van der Waals surface area (Å²) in [6, 6.07) is 5.58. The Balaban J connectivity index is 1.92. The molecule has 138 valence electrons. The molecule has 0 saturated carbocycles. The Kier molecular flexibility index (Phi) is 5.86. The van der Waals surface area contributed by atoms with Gasteiger partial charge in [-0.25, -0.2) is 13.8 Å². The first-order chi connectivity index (χ1) is 12.3. The van der Waals surface area contributed by atoms with Gasteiger partial charge in [-0.05, 0) is 32.3 Å². The highest BCUT2D eigenvalue weighted by molar-refractivity contribution is 7.22. The van der Waals surface area contributed by atoms with Crippen LogP contribution in [0.3, 0.4) is 0 Å². The molecule has 2 heterocycles. The summed E-state index contributed by atoms with van der Waals surface area (Å²) in [5, 5.41) is 0.360. The first-order valence-corrected chi connectivity index (χ1v) is 9.79. The normalized spacial score (nSPS) is 11.5. The Labute approximate surface area is 162 Å². The van der Waals surface area contributed by atoms with Gasteiger partial charge in [0.1, 0.15) is 11.3 Å². The van der Waals surface area contributed by atoms with Crippen LogP contribution in [0.15, 0.2) is 24.3 Å². The summed E-state index contributed by atoms with van der Waals surface area (Å²) in [4.78, 5) is 21.4. The number of nitrogens with zero attached hydrogens (tertiary/aromatic N) is 3. The van der Waals surface area contributed by atoms with E-state index in [-0.39, 0.29) is 17.8 Å². The third-order valence-electron chi connectivity index (χ3n) is 3.66. The van der Waals surface area contributed by atoms with Gasteiger partial charge in [-0.2, -0.15) is 0 Å². The van der Waals surface area contributed by atoms with Crippen molar-refractivity contribution in [1.29, 1.82) is 0 Å². The van der Waals surface area contributed by atoms with Crippen molar-refractivity contribution in [3.05, 3.63) is 45.1 Å². The second kappa shape index (κ2) is 7.96.